The first-order chi connectivity index (χ1) is 11.3. The number of rotatable bonds is 5. The van der Waals surface area contributed by atoms with E-state index in [1.165, 1.54) is 0 Å². The predicted octanol–water partition coefficient (Wildman–Crippen LogP) is 1.70. The van der Waals surface area contributed by atoms with Crippen LogP contribution >= 0.6 is 0 Å². The van der Waals surface area contributed by atoms with Gasteiger partial charge < -0.3 is 10.2 Å². The van der Waals surface area contributed by atoms with E-state index in [-0.39, 0.29) is 17.7 Å². The zero-order chi connectivity index (χ0) is 16.1. The summed E-state index contributed by atoms with van der Waals surface area (Å²) in [7, 11) is 0. The molecule has 1 fully saturated rings. The third-order valence-corrected chi connectivity index (χ3v) is 4.57. The second-order valence-electron chi connectivity index (χ2n) is 6.15. The molecule has 1 N–H and O–H groups in total. The van der Waals surface area contributed by atoms with Gasteiger partial charge in [-0.2, -0.15) is 0 Å². The summed E-state index contributed by atoms with van der Waals surface area (Å²) in [5.74, 6) is -0.218. The van der Waals surface area contributed by atoms with E-state index in [0.717, 1.165) is 44.5 Å². The molecule has 2 aliphatic rings. The van der Waals surface area contributed by atoms with Gasteiger partial charge in [-0.25, -0.2) is 0 Å². The Morgan fingerprint density at radius 1 is 1.26 bits per heavy atom. The molecule has 1 unspecified atom stereocenters. The fourth-order valence-corrected chi connectivity index (χ4v) is 3.32. The van der Waals surface area contributed by atoms with Crippen LogP contribution in [-0.2, 0) is 16.0 Å². The van der Waals surface area contributed by atoms with Gasteiger partial charge in [0, 0.05) is 43.5 Å². The number of likely N-dealkylation sites (tertiary alicyclic amines) is 1. The SMILES string of the molecule is O=C(NCCc1ccccn1)C1=CCCC1C(=O)N1CCCC1. The van der Waals surface area contributed by atoms with Crippen molar-refractivity contribution in [1.82, 2.24) is 15.2 Å². The fraction of sp³-hybridized carbons (Fsp3) is 0.500. The third kappa shape index (κ3) is 3.78. The van der Waals surface area contributed by atoms with Crippen molar-refractivity contribution in [3.05, 3.63) is 41.7 Å². The van der Waals surface area contributed by atoms with Gasteiger partial charge in [0.25, 0.3) is 0 Å². The summed E-state index contributed by atoms with van der Waals surface area (Å²) < 4.78 is 0. The van der Waals surface area contributed by atoms with Gasteiger partial charge in [-0.3, -0.25) is 14.6 Å². The number of hydrogen-bond acceptors (Lipinski definition) is 3. The minimum absolute atomic E-state index is 0.101. The van der Waals surface area contributed by atoms with Crippen molar-refractivity contribution in [3.8, 4) is 0 Å². The Morgan fingerprint density at radius 3 is 2.83 bits per heavy atom. The first-order valence-corrected chi connectivity index (χ1v) is 8.42. The number of nitrogens with zero attached hydrogens (tertiary/aromatic N) is 2. The highest BCUT2D eigenvalue weighted by Gasteiger charge is 2.34. The number of aromatic nitrogens is 1. The Balaban J connectivity index is 1.52. The zero-order valence-corrected chi connectivity index (χ0v) is 13.3. The van der Waals surface area contributed by atoms with Crippen LogP contribution in [0.15, 0.2) is 36.0 Å². The van der Waals surface area contributed by atoms with E-state index in [2.05, 4.69) is 10.3 Å². The van der Waals surface area contributed by atoms with Crippen molar-refractivity contribution in [2.75, 3.05) is 19.6 Å². The van der Waals surface area contributed by atoms with E-state index in [1.54, 1.807) is 6.20 Å². The van der Waals surface area contributed by atoms with E-state index in [4.69, 9.17) is 0 Å². The van der Waals surface area contributed by atoms with Crippen LogP contribution in [0.5, 0.6) is 0 Å². The van der Waals surface area contributed by atoms with Gasteiger partial charge in [0.1, 0.15) is 0 Å². The van der Waals surface area contributed by atoms with Crippen molar-refractivity contribution in [2.45, 2.75) is 32.1 Å². The number of pyridine rings is 1. The molecule has 0 radical (unpaired) electrons. The lowest BCUT2D eigenvalue weighted by molar-refractivity contribution is -0.134. The van der Waals surface area contributed by atoms with Crippen molar-refractivity contribution in [3.63, 3.8) is 0 Å². The summed E-state index contributed by atoms with van der Waals surface area (Å²) in [6.45, 7) is 2.21. The van der Waals surface area contributed by atoms with Gasteiger partial charge in [-0.15, -0.1) is 0 Å². The predicted molar refractivity (Wildman–Crippen MR) is 87.6 cm³/mol. The molecule has 5 nitrogen and oxygen atoms in total. The van der Waals surface area contributed by atoms with Crippen LogP contribution in [0.1, 0.15) is 31.4 Å². The Morgan fingerprint density at radius 2 is 2.09 bits per heavy atom. The minimum atomic E-state index is -0.247. The van der Waals surface area contributed by atoms with Gasteiger partial charge in [0.05, 0.1) is 5.92 Å². The smallest absolute Gasteiger partial charge is 0.247 e. The number of carbonyl (C=O) groups is 2. The van der Waals surface area contributed by atoms with Crippen LogP contribution < -0.4 is 5.32 Å². The molecule has 1 aromatic rings. The van der Waals surface area contributed by atoms with Gasteiger partial charge in [-0.05, 0) is 37.8 Å². The summed E-state index contributed by atoms with van der Waals surface area (Å²) in [6, 6.07) is 5.76. The average Bonchev–Trinajstić information content (AvgIpc) is 3.27. The van der Waals surface area contributed by atoms with Gasteiger partial charge in [0.2, 0.25) is 11.8 Å². The van der Waals surface area contributed by atoms with Crippen LogP contribution in [0.3, 0.4) is 0 Å². The molecular formula is C18H23N3O2. The molecule has 0 saturated carbocycles. The summed E-state index contributed by atoms with van der Waals surface area (Å²) >= 11 is 0. The number of hydrogen-bond donors (Lipinski definition) is 1. The number of carbonyl (C=O) groups excluding carboxylic acids is 2. The highest BCUT2D eigenvalue weighted by atomic mass is 16.2. The monoisotopic (exact) mass is 313 g/mol. The highest BCUT2D eigenvalue weighted by molar-refractivity contribution is 6.00. The molecule has 2 heterocycles. The lowest BCUT2D eigenvalue weighted by Crippen LogP contribution is -2.37. The maximum Gasteiger partial charge on any atom is 0.247 e. The second-order valence-corrected chi connectivity index (χ2v) is 6.15. The molecule has 5 heteroatoms. The van der Waals surface area contributed by atoms with Gasteiger partial charge in [-0.1, -0.05) is 12.1 Å². The third-order valence-electron chi connectivity index (χ3n) is 4.57. The number of amides is 2. The van der Waals surface area contributed by atoms with Crippen LogP contribution in [-0.4, -0.2) is 41.3 Å². The molecule has 1 saturated heterocycles. The molecule has 23 heavy (non-hydrogen) atoms. The van der Waals surface area contributed by atoms with Gasteiger partial charge in [0.15, 0.2) is 0 Å². The maximum absolute atomic E-state index is 12.6. The summed E-state index contributed by atoms with van der Waals surface area (Å²) in [5, 5.41) is 2.93. The molecule has 0 spiro atoms. The summed E-state index contributed by atoms with van der Waals surface area (Å²) in [6.07, 6.45) is 8.11. The van der Waals surface area contributed by atoms with Crippen molar-refractivity contribution >= 4 is 11.8 Å². The molecular weight excluding hydrogens is 290 g/mol. The summed E-state index contributed by atoms with van der Waals surface area (Å²) in [5.41, 5.74) is 1.61. The van der Waals surface area contributed by atoms with E-state index in [9.17, 15) is 9.59 Å². The maximum atomic E-state index is 12.6. The molecule has 1 aromatic heterocycles. The van der Waals surface area contributed by atoms with Crippen LogP contribution in [0, 0.1) is 5.92 Å². The van der Waals surface area contributed by atoms with E-state index in [1.807, 2.05) is 29.2 Å². The second kappa shape index (κ2) is 7.40. The number of allylic oxidation sites excluding steroid dienone is 1. The first-order valence-electron chi connectivity index (χ1n) is 8.42. The Bertz CT molecular complexity index is 592. The van der Waals surface area contributed by atoms with Crippen molar-refractivity contribution in [1.29, 1.82) is 0 Å². The first kappa shape index (κ1) is 15.7. The van der Waals surface area contributed by atoms with E-state index in [0.29, 0.717) is 18.5 Å². The lowest BCUT2D eigenvalue weighted by Gasteiger charge is -2.21. The highest BCUT2D eigenvalue weighted by Crippen LogP contribution is 2.29. The topological polar surface area (TPSA) is 62.3 Å². The normalized spacial score (nSPS) is 20.4. The summed E-state index contributed by atoms with van der Waals surface area (Å²) in [4.78, 5) is 31.1. The van der Waals surface area contributed by atoms with Crippen LogP contribution in [0.4, 0.5) is 0 Å². The van der Waals surface area contributed by atoms with Crippen LogP contribution in [0.25, 0.3) is 0 Å². The van der Waals surface area contributed by atoms with Crippen molar-refractivity contribution in [2.24, 2.45) is 5.92 Å². The molecule has 0 bridgehead atoms. The van der Waals surface area contributed by atoms with Crippen LogP contribution in [0.2, 0.25) is 0 Å². The number of nitrogens with one attached hydrogen (secondary N) is 1. The van der Waals surface area contributed by atoms with Gasteiger partial charge >= 0.3 is 0 Å². The molecule has 1 atom stereocenters. The van der Waals surface area contributed by atoms with Crippen molar-refractivity contribution < 1.29 is 9.59 Å². The minimum Gasteiger partial charge on any atom is -0.352 e. The Labute approximate surface area is 136 Å². The molecule has 122 valence electrons. The standard InChI is InChI=1S/C18H23N3O2/c22-17(20-11-9-14-6-1-2-10-19-14)15-7-5-8-16(15)18(23)21-12-3-4-13-21/h1-2,6-7,10,16H,3-5,8-9,11-13H2,(H,20,22). The molecule has 1 aliphatic heterocycles. The average molecular weight is 313 g/mol. The molecule has 2 amide bonds. The fourth-order valence-electron chi connectivity index (χ4n) is 3.32. The quantitative estimate of drug-likeness (QED) is 0.900. The molecule has 3 rings (SSSR count). The Kier molecular flexibility index (Phi) is 5.05. The van der Waals surface area contributed by atoms with E-state index >= 15 is 0 Å². The Hall–Kier alpha value is -2.17. The van der Waals surface area contributed by atoms with E-state index < -0.39 is 0 Å². The molecule has 1 aliphatic carbocycles. The zero-order valence-electron chi connectivity index (χ0n) is 13.3. The largest absolute Gasteiger partial charge is 0.352 e. The lowest BCUT2D eigenvalue weighted by atomic mass is 9.99. The molecule has 0 aromatic carbocycles.